The molecule has 2 N–H and O–H groups in total. The zero-order valence-electron chi connectivity index (χ0n) is 13.4. The van der Waals surface area contributed by atoms with Crippen LogP contribution in [0.2, 0.25) is 0 Å². The van der Waals surface area contributed by atoms with Crippen LogP contribution in [0.5, 0.6) is 5.88 Å². The van der Waals surface area contributed by atoms with Gasteiger partial charge in [0.1, 0.15) is 18.5 Å². The minimum absolute atomic E-state index is 0.271. The molecule has 0 spiro atoms. The SMILES string of the molecule is Cc1cccc(COc2nn(Cc3ccccc3)c(N)c2C#N)c1. The average Bonchev–Trinajstić information content (AvgIpc) is 2.89. The number of nitrogens with two attached hydrogens (primary N) is 1. The molecule has 0 fully saturated rings. The molecule has 1 aromatic heterocycles. The van der Waals surface area contributed by atoms with Crippen LogP contribution < -0.4 is 10.5 Å². The zero-order valence-corrected chi connectivity index (χ0v) is 13.4. The normalized spacial score (nSPS) is 10.3. The second-order valence-corrected chi connectivity index (χ2v) is 5.60. The molecule has 24 heavy (non-hydrogen) atoms. The number of rotatable bonds is 5. The van der Waals surface area contributed by atoms with E-state index >= 15 is 0 Å². The molecule has 0 amide bonds. The first-order chi connectivity index (χ1) is 11.7. The van der Waals surface area contributed by atoms with Crippen LogP contribution in [-0.2, 0) is 13.2 Å². The summed E-state index contributed by atoms with van der Waals surface area (Å²) in [4.78, 5) is 0. The van der Waals surface area contributed by atoms with Gasteiger partial charge in [0, 0.05) is 0 Å². The lowest BCUT2D eigenvalue weighted by molar-refractivity contribution is 0.289. The summed E-state index contributed by atoms with van der Waals surface area (Å²) in [5, 5.41) is 13.7. The highest BCUT2D eigenvalue weighted by atomic mass is 16.5. The topological polar surface area (TPSA) is 76.9 Å². The Kier molecular flexibility index (Phi) is 4.48. The summed E-state index contributed by atoms with van der Waals surface area (Å²) in [5.74, 6) is 0.591. The number of nitrogen functional groups attached to an aromatic ring is 1. The highest BCUT2D eigenvalue weighted by Crippen LogP contribution is 2.24. The Morgan fingerprint density at radius 2 is 1.88 bits per heavy atom. The number of benzene rings is 2. The third kappa shape index (κ3) is 3.39. The smallest absolute Gasteiger partial charge is 0.253 e. The van der Waals surface area contributed by atoms with Crippen molar-refractivity contribution in [1.29, 1.82) is 5.26 Å². The third-order valence-corrected chi connectivity index (χ3v) is 3.70. The third-order valence-electron chi connectivity index (χ3n) is 3.70. The molecule has 0 saturated heterocycles. The van der Waals surface area contributed by atoms with Gasteiger partial charge >= 0.3 is 0 Å². The largest absolute Gasteiger partial charge is 0.471 e. The lowest BCUT2D eigenvalue weighted by Gasteiger charge is -2.04. The fourth-order valence-electron chi connectivity index (χ4n) is 2.49. The molecule has 0 saturated carbocycles. The van der Waals surface area contributed by atoms with Crippen LogP contribution in [0, 0.1) is 18.3 Å². The van der Waals surface area contributed by atoms with Gasteiger partial charge in [-0.25, -0.2) is 4.68 Å². The van der Waals surface area contributed by atoms with Crippen LogP contribution in [0.1, 0.15) is 22.3 Å². The van der Waals surface area contributed by atoms with Crippen molar-refractivity contribution in [2.45, 2.75) is 20.1 Å². The summed E-state index contributed by atoms with van der Waals surface area (Å²) in [5.41, 5.74) is 9.57. The van der Waals surface area contributed by atoms with Crippen LogP contribution in [0.3, 0.4) is 0 Å². The van der Waals surface area contributed by atoms with E-state index in [9.17, 15) is 5.26 Å². The molecule has 3 rings (SSSR count). The van der Waals surface area contributed by atoms with Gasteiger partial charge in [0.05, 0.1) is 6.54 Å². The van der Waals surface area contributed by atoms with Gasteiger partial charge in [-0.05, 0) is 18.1 Å². The Balaban J connectivity index is 1.80. The van der Waals surface area contributed by atoms with Crippen LogP contribution in [0.15, 0.2) is 54.6 Å². The van der Waals surface area contributed by atoms with Crippen molar-refractivity contribution in [3.05, 3.63) is 76.9 Å². The standard InChI is InChI=1S/C19H18N4O/c1-14-6-5-9-16(10-14)13-24-19-17(11-20)18(21)23(22-19)12-15-7-3-2-4-8-15/h2-10H,12-13,21H2,1H3. The van der Waals surface area contributed by atoms with E-state index in [1.165, 1.54) is 0 Å². The van der Waals surface area contributed by atoms with E-state index in [1.54, 1.807) is 4.68 Å². The van der Waals surface area contributed by atoms with Gasteiger partial charge in [0.25, 0.3) is 5.88 Å². The van der Waals surface area contributed by atoms with Crippen LogP contribution in [0.4, 0.5) is 5.82 Å². The Bertz CT molecular complexity index is 878. The van der Waals surface area contributed by atoms with E-state index in [0.717, 1.165) is 16.7 Å². The predicted octanol–water partition coefficient (Wildman–Crippen LogP) is 3.27. The molecule has 0 aliphatic carbocycles. The van der Waals surface area contributed by atoms with E-state index < -0.39 is 0 Å². The summed E-state index contributed by atoms with van der Waals surface area (Å²) < 4.78 is 7.33. The molecule has 0 atom stereocenters. The first kappa shape index (κ1) is 15.6. The van der Waals surface area contributed by atoms with Gasteiger partial charge in [-0.15, -0.1) is 5.10 Å². The van der Waals surface area contributed by atoms with E-state index in [0.29, 0.717) is 19.0 Å². The van der Waals surface area contributed by atoms with Crippen molar-refractivity contribution in [2.75, 3.05) is 5.73 Å². The van der Waals surface area contributed by atoms with Gasteiger partial charge in [-0.1, -0.05) is 60.2 Å². The molecule has 0 unspecified atom stereocenters. The Morgan fingerprint density at radius 1 is 1.12 bits per heavy atom. The average molecular weight is 318 g/mol. The predicted molar refractivity (Wildman–Crippen MR) is 92.4 cm³/mol. The highest BCUT2D eigenvalue weighted by Gasteiger charge is 2.17. The first-order valence-electron chi connectivity index (χ1n) is 7.66. The van der Waals surface area contributed by atoms with Gasteiger partial charge in [0.2, 0.25) is 0 Å². The molecule has 1 heterocycles. The van der Waals surface area contributed by atoms with Crippen LogP contribution in [0.25, 0.3) is 0 Å². The van der Waals surface area contributed by atoms with Crippen molar-refractivity contribution in [1.82, 2.24) is 9.78 Å². The van der Waals surface area contributed by atoms with E-state index in [4.69, 9.17) is 10.5 Å². The van der Waals surface area contributed by atoms with Crippen molar-refractivity contribution < 1.29 is 4.74 Å². The molecule has 5 heteroatoms. The maximum absolute atomic E-state index is 9.36. The lowest BCUT2D eigenvalue weighted by atomic mass is 10.1. The van der Waals surface area contributed by atoms with Gasteiger partial charge in [-0.3, -0.25) is 0 Å². The number of nitrogens with zero attached hydrogens (tertiary/aromatic N) is 3. The minimum Gasteiger partial charge on any atom is -0.471 e. The summed E-state index contributed by atoms with van der Waals surface area (Å²) in [6, 6.07) is 19.9. The number of anilines is 1. The number of nitriles is 1. The van der Waals surface area contributed by atoms with Crippen molar-refractivity contribution in [2.24, 2.45) is 0 Å². The molecule has 0 aliphatic heterocycles. The second kappa shape index (κ2) is 6.88. The summed E-state index contributed by atoms with van der Waals surface area (Å²) in [6.07, 6.45) is 0. The molecule has 0 radical (unpaired) electrons. The number of hydrogen-bond donors (Lipinski definition) is 1. The Morgan fingerprint density at radius 3 is 2.58 bits per heavy atom. The van der Waals surface area contributed by atoms with E-state index in [-0.39, 0.29) is 11.4 Å². The first-order valence-corrected chi connectivity index (χ1v) is 7.66. The number of aromatic nitrogens is 2. The summed E-state index contributed by atoms with van der Waals surface area (Å²) >= 11 is 0. The molecule has 2 aromatic carbocycles. The van der Waals surface area contributed by atoms with Gasteiger partial charge in [0.15, 0.2) is 5.56 Å². The Labute approximate surface area is 140 Å². The quantitative estimate of drug-likeness (QED) is 0.783. The fraction of sp³-hybridized carbons (Fsp3) is 0.158. The fourth-order valence-corrected chi connectivity index (χ4v) is 2.49. The van der Waals surface area contributed by atoms with Gasteiger partial charge < -0.3 is 10.5 Å². The summed E-state index contributed by atoms with van der Waals surface area (Å²) in [7, 11) is 0. The molecule has 5 nitrogen and oxygen atoms in total. The number of ether oxygens (including phenoxy) is 1. The molecular weight excluding hydrogens is 300 g/mol. The molecule has 120 valence electrons. The van der Waals surface area contributed by atoms with E-state index in [2.05, 4.69) is 11.2 Å². The van der Waals surface area contributed by atoms with E-state index in [1.807, 2.05) is 61.5 Å². The monoisotopic (exact) mass is 318 g/mol. The zero-order chi connectivity index (χ0) is 16.9. The molecule has 0 aliphatic rings. The molecule has 0 bridgehead atoms. The maximum Gasteiger partial charge on any atom is 0.253 e. The summed E-state index contributed by atoms with van der Waals surface area (Å²) in [6.45, 7) is 2.87. The molecule has 3 aromatic rings. The maximum atomic E-state index is 9.36. The number of hydrogen-bond acceptors (Lipinski definition) is 4. The van der Waals surface area contributed by atoms with Crippen molar-refractivity contribution in [3.8, 4) is 11.9 Å². The lowest BCUT2D eigenvalue weighted by Crippen LogP contribution is -2.06. The van der Waals surface area contributed by atoms with Crippen molar-refractivity contribution in [3.63, 3.8) is 0 Å². The minimum atomic E-state index is 0.271. The number of aryl methyl sites for hydroxylation is 1. The highest BCUT2D eigenvalue weighted by molar-refractivity contribution is 5.55. The Hall–Kier alpha value is -3.26. The second-order valence-electron chi connectivity index (χ2n) is 5.60. The molecular formula is C19H18N4O. The van der Waals surface area contributed by atoms with Crippen LogP contribution in [-0.4, -0.2) is 9.78 Å². The van der Waals surface area contributed by atoms with Crippen LogP contribution >= 0.6 is 0 Å². The van der Waals surface area contributed by atoms with Gasteiger partial charge in [-0.2, -0.15) is 5.26 Å². The van der Waals surface area contributed by atoms with Crippen molar-refractivity contribution >= 4 is 5.82 Å².